The van der Waals surface area contributed by atoms with Crippen LogP contribution in [0.15, 0.2) is 23.4 Å². The minimum Gasteiger partial charge on any atom is -0.462 e. The van der Waals surface area contributed by atoms with E-state index in [0.29, 0.717) is 24.5 Å². The summed E-state index contributed by atoms with van der Waals surface area (Å²) in [5.41, 5.74) is 1.04. The number of nitrogens with one attached hydrogen (secondary N) is 1. The molecule has 1 aliphatic heterocycles. The van der Waals surface area contributed by atoms with Crippen LogP contribution in [0.25, 0.3) is 0 Å². The van der Waals surface area contributed by atoms with Crippen LogP contribution in [0.5, 0.6) is 0 Å². The summed E-state index contributed by atoms with van der Waals surface area (Å²) in [5.74, 6) is -0.165. The highest BCUT2D eigenvalue weighted by atomic mass is 16.5. The first kappa shape index (κ1) is 32.1. The molecule has 38 heavy (non-hydrogen) atoms. The number of hydrogen-bond donors (Lipinski definition) is 1. The number of Topliss-reactive ketones (excluding diaryl/α,β-unsaturated/α-hetero) is 1. The molecule has 216 valence electrons. The van der Waals surface area contributed by atoms with Gasteiger partial charge in [0, 0.05) is 43.2 Å². The first-order chi connectivity index (χ1) is 17.7. The van der Waals surface area contributed by atoms with Crippen LogP contribution in [-0.2, 0) is 23.9 Å². The molecule has 2 fully saturated rings. The van der Waals surface area contributed by atoms with E-state index >= 15 is 0 Å². The first-order valence-electron chi connectivity index (χ1n) is 14.7. The fraction of sp³-hybridized carbons (Fsp3) is 0.781. The third-order valence-electron chi connectivity index (χ3n) is 10.2. The van der Waals surface area contributed by atoms with E-state index in [1.807, 2.05) is 27.1 Å². The lowest BCUT2D eigenvalue weighted by Crippen LogP contribution is -2.54. The van der Waals surface area contributed by atoms with E-state index < -0.39 is 16.9 Å². The van der Waals surface area contributed by atoms with Gasteiger partial charge in [0.2, 0.25) is 0 Å². The molecule has 7 atom stereocenters. The number of hydrogen-bond acceptors (Lipinski definition) is 6. The number of rotatable bonds is 4. The molecular formula is C32H53NO5. The maximum atomic E-state index is 13.1. The van der Waals surface area contributed by atoms with Gasteiger partial charge in [-0.25, -0.2) is 4.79 Å². The summed E-state index contributed by atoms with van der Waals surface area (Å²) in [5, 5.41) is 3.13. The SMILES string of the molecule is CC.CC/C(=C\NC)[C@@H]1OC(=O)C=C2[C@H](C)[C@H](OC(C)=O)CC3C(C)(C)C(=O)CC[C@]3(C)C(C)CC[C@]21C. The predicted molar refractivity (Wildman–Crippen MR) is 152 cm³/mol. The van der Waals surface area contributed by atoms with E-state index in [1.165, 1.54) is 6.92 Å². The Morgan fingerprint density at radius 1 is 1.16 bits per heavy atom. The summed E-state index contributed by atoms with van der Waals surface area (Å²) < 4.78 is 12.1. The van der Waals surface area contributed by atoms with Crippen molar-refractivity contribution < 1.29 is 23.9 Å². The van der Waals surface area contributed by atoms with E-state index in [1.54, 1.807) is 6.08 Å². The van der Waals surface area contributed by atoms with Gasteiger partial charge in [0.25, 0.3) is 0 Å². The zero-order valence-corrected chi connectivity index (χ0v) is 25.8. The Morgan fingerprint density at radius 3 is 2.34 bits per heavy atom. The summed E-state index contributed by atoms with van der Waals surface area (Å²) in [6.07, 6.45) is 7.37. The smallest absolute Gasteiger partial charge is 0.331 e. The summed E-state index contributed by atoms with van der Waals surface area (Å²) >= 11 is 0. The van der Waals surface area contributed by atoms with E-state index in [9.17, 15) is 14.4 Å². The molecule has 0 bridgehead atoms. The maximum absolute atomic E-state index is 13.1. The van der Waals surface area contributed by atoms with E-state index in [4.69, 9.17) is 9.47 Å². The fourth-order valence-corrected chi connectivity index (χ4v) is 7.58. The van der Waals surface area contributed by atoms with Gasteiger partial charge in [0.1, 0.15) is 18.0 Å². The molecule has 0 aromatic carbocycles. The van der Waals surface area contributed by atoms with Crippen LogP contribution in [0.4, 0.5) is 0 Å². The van der Waals surface area contributed by atoms with Crippen molar-refractivity contribution in [3.63, 3.8) is 0 Å². The molecule has 0 spiro atoms. The van der Waals surface area contributed by atoms with Crippen LogP contribution in [0.3, 0.4) is 0 Å². The molecule has 6 heteroatoms. The van der Waals surface area contributed by atoms with Gasteiger partial charge < -0.3 is 14.8 Å². The lowest BCUT2D eigenvalue weighted by atomic mass is 9.49. The Kier molecular flexibility index (Phi) is 10.5. The van der Waals surface area contributed by atoms with Crippen LogP contribution in [0.1, 0.15) is 108 Å². The average Bonchev–Trinajstić information content (AvgIpc) is 2.87. The standard InChI is InChI=1S/C30H47NO5.C2H6/c1-10-21(17-31-9)27-30(8)13-11-18(2)29(7)14-12-25(33)28(5,6)24(29)16-23(35-20(4)32)19(3)22(30)15-26(34)36-27;1-2/h15,17-19,23-24,27,31H,10-14,16H2,1-9H3;1-2H3/b21-17+;/t18?,19-,23+,24?,27-,29+,30+;/m0./s1. The van der Waals surface area contributed by atoms with Crippen LogP contribution in [0, 0.1) is 34.0 Å². The highest BCUT2D eigenvalue weighted by Gasteiger charge is 2.56. The molecule has 2 unspecified atom stereocenters. The normalized spacial score (nSPS) is 37.3. The van der Waals surface area contributed by atoms with Crippen LogP contribution in [-0.4, -0.2) is 37.0 Å². The van der Waals surface area contributed by atoms with Gasteiger partial charge in [-0.15, -0.1) is 0 Å². The van der Waals surface area contributed by atoms with Gasteiger partial charge in [-0.05, 0) is 66.7 Å². The molecule has 3 aliphatic rings. The minimum absolute atomic E-state index is 0.0671. The number of fused-ring (bicyclic) bond motifs is 2. The molecule has 3 rings (SSSR count). The second kappa shape index (κ2) is 12.4. The lowest BCUT2D eigenvalue weighted by Gasteiger charge is -2.56. The predicted octanol–water partition coefficient (Wildman–Crippen LogP) is 6.78. The Morgan fingerprint density at radius 2 is 1.79 bits per heavy atom. The zero-order valence-electron chi connectivity index (χ0n) is 25.8. The monoisotopic (exact) mass is 531 g/mol. The molecule has 6 nitrogen and oxygen atoms in total. The Hall–Kier alpha value is -2.11. The topological polar surface area (TPSA) is 81.7 Å². The first-order valence-corrected chi connectivity index (χ1v) is 14.7. The van der Waals surface area contributed by atoms with Gasteiger partial charge in [-0.2, -0.15) is 0 Å². The molecule has 0 radical (unpaired) electrons. The van der Waals surface area contributed by atoms with Gasteiger partial charge in [-0.1, -0.05) is 62.3 Å². The Bertz CT molecular complexity index is 949. The number of ether oxygens (including phenoxy) is 2. The Balaban J connectivity index is 0.00000247. The zero-order chi connectivity index (χ0) is 29.1. The van der Waals surface area contributed by atoms with Gasteiger partial charge in [0.05, 0.1) is 0 Å². The van der Waals surface area contributed by atoms with Crippen LogP contribution < -0.4 is 5.32 Å². The van der Waals surface area contributed by atoms with Crippen molar-refractivity contribution in [2.75, 3.05) is 7.05 Å². The molecule has 0 saturated heterocycles. The van der Waals surface area contributed by atoms with E-state index in [-0.39, 0.29) is 35.3 Å². The van der Waals surface area contributed by atoms with Crippen molar-refractivity contribution in [3.8, 4) is 0 Å². The van der Waals surface area contributed by atoms with Crippen molar-refractivity contribution in [1.29, 1.82) is 0 Å². The van der Waals surface area contributed by atoms with Crippen molar-refractivity contribution in [1.82, 2.24) is 5.32 Å². The summed E-state index contributed by atoms with van der Waals surface area (Å²) in [4.78, 5) is 38.4. The fourth-order valence-electron chi connectivity index (χ4n) is 7.58. The van der Waals surface area contributed by atoms with Crippen molar-refractivity contribution in [3.05, 3.63) is 23.4 Å². The molecule has 1 heterocycles. The van der Waals surface area contributed by atoms with Gasteiger partial charge in [-0.3, -0.25) is 9.59 Å². The van der Waals surface area contributed by atoms with Gasteiger partial charge >= 0.3 is 11.9 Å². The molecular weight excluding hydrogens is 478 g/mol. The third kappa shape index (κ3) is 5.89. The largest absolute Gasteiger partial charge is 0.462 e. The summed E-state index contributed by atoms with van der Waals surface area (Å²) in [7, 11) is 1.86. The highest BCUT2D eigenvalue weighted by Crippen LogP contribution is 2.59. The highest BCUT2D eigenvalue weighted by molar-refractivity contribution is 5.86. The second-order valence-corrected chi connectivity index (χ2v) is 12.5. The number of ketones is 1. The molecule has 1 N–H and O–H groups in total. The van der Waals surface area contributed by atoms with E-state index in [0.717, 1.165) is 36.8 Å². The molecule has 0 amide bonds. The average molecular weight is 532 g/mol. The number of esters is 2. The summed E-state index contributed by atoms with van der Waals surface area (Å²) in [6.45, 7) is 20.6. The van der Waals surface area contributed by atoms with E-state index in [2.05, 4.69) is 53.8 Å². The summed E-state index contributed by atoms with van der Waals surface area (Å²) in [6, 6.07) is 0. The van der Waals surface area contributed by atoms with Crippen molar-refractivity contribution in [2.45, 2.75) is 120 Å². The van der Waals surface area contributed by atoms with Gasteiger partial charge in [0.15, 0.2) is 0 Å². The lowest BCUT2D eigenvalue weighted by molar-refractivity contribution is -0.159. The third-order valence-corrected chi connectivity index (χ3v) is 10.2. The molecule has 2 saturated carbocycles. The Labute approximate surface area is 231 Å². The second-order valence-electron chi connectivity index (χ2n) is 12.5. The molecule has 2 aliphatic carbocycles. The van der Waals surface area contributed by atoms with Crippen LogP contribution in [0.2, 0.25) is 0 Å². The van der Waals surface area contributed by atoms with Crippen LogP contribution >= 0.6 is 0 Å². The van der Waals surface area contributed by atoms with Crippen molar-refractivity contribution in [2.24, 2.45) is 34.0 Å². The maximum Gasteiger partial charge on any atom is 0.331 e. The quantitative estimate of drug-likeness (QED) is 0.403. The number of cyclic esters (lactones) is 1. The number of carbonyl (C=O) groups is 3. The molecule has 0 aromatic heterocycles. The minimum atomic E-state index is -0.505. The molecule has 0 aromatic rings. The van der Waals surface area contributed by atoms with Crippen molar-refractivity contribution >= 4 is 17.7 Å². The number of carbonyl (C=O) groups excluding carboxylic acids is 3.